The topological polar surface area (TPSA) is 27.0 Å². The van der Waals surface area contributed by atoms with Crippen LogP contribution in [-0.2, 0) is 0 Å². The van der Waals surface area contributed by atoms with Crippen molar-refractivity contribution in [3.8, 4) is 6.07 Å². The molecule has 0 saturated carbocycles. The van der Waals surface area contributed by atoms with Gasteiger partial charge in [0.25, 0.3) is 0 Å². The van der Waals surface area contributed by atoms with Gasteiger partial charge in [0.15, 0.2) is 0 Å². The molecule has 1 aromatic rings. The maximum Gasteiger partial charge on any atom is 0.124 e. The first-order valence-corrected chi connectivity index (χ1v) is 4.45. The van der Waals surface area contributed by atoms with Gasteiger partial charge in [-0.05, 0) is 26.2 Å². The lowest BCUT2D eigenvalue weighted by molar-refractivity contribution is 0.358. The number of halogens is 2. The molecule has 0 N–H and O–H groups in total. The summed E-state index contributed by atoms with van der Waals surface area (Å²) in [7, 11) is 3.54. The van der Waals surface area contributed by atoms with Crippen molar-refractivity contribution in [3.05, 3.63) is 34.6 Å². The number of hydrogen-bond acceptors (Lipinski definition) is 2. The van der Waals surface area contributed by atoms with Crippen molar-refractivity contribution in [2.24, 2.45) is 0 Å². The number of hydrogen-bond donors (Lipinski definition) is 0. The van der Waals surface area contributed by atoms with Crippen molar-refractivity contribution in [2.45, 2.75) is 6.04 Å². The van der Waals surface area contributed by atoms with Gasteiger partial charge in [-0.2, -0.15) is 5.26 Å². The zero-order chi connectivity index (χ0) is 10.7. The van der Waals surface area contributed by atoms with Crippen molar-refractivity contribution in [2.75, 3.05) is 14.1 Å². The predicted octanol–water partition coefficient (Wildman–Crippen LogP) is 2.61. The minimum Gasteiger partial charge on any atom is -0.290 e. The lowest BCUT2D eigenvalue weighted by Crippen LogP contribution is -2.18. The largest absolute Gasteiger partial charge is 0.290 e. The van der Waals surface area contributed by atoms with E-state index in [2.05, 4.69) is 6.07 Å². The molecule has 1 rings (SSSR count). The Hall–Kier alpha value is -1.11. The second-order valence-corrected chi connectivity index (χ2v) is 3.57. The van der Waals surface area contributed by atoms with Gasteiger partial charge in [0.1, 0.15) is 11.9 Å². The van der Waals surface area contributed by atoms with Gasteiger partial charge in [0.2, 0.25) is 0 Å². The minimum absolute atomic E-state index is 0.283. The summed E-state index contributed by atoms with van der Waals surface area (Å²) in [6.45, 7) is 0. The van der Waals surface area contributed by atoms with Crippen LogP contribution in [0.5, 0.6) is 0 Å². The van der Waals surface area contributed by atoms with E-state index in [4.69, 9.17) is 16.9 Å². The van der Waals surface area contributed by atoms with E-state index in [9.17, 15) is 4.39 Å². The fourth-order valence-corrected chi connectivity index (χ4v) is 1.46. The molecule has 0 spiro atoms. The molecular formula is C10H10ClFN2. The van der Waals surface area contributed by atoms with E-state index in [1.54, 1.807) is 19.0 Å². The highest BCUT2D eigenvalue weighted by Crippen LogP contribution is 2.26. The van der Waals surface area contributed by atoms with Gasteiger partial charge in [0, 0.05) is 10.6 Å². The molecule has 14 heavy (non-hydrogen) atoms. The number of nitriles is 1. The Kier molecular flexibility index (Phi) is 3.45. The first kappa shape index (κ1) is 11.0. The molecule has 1 aromatic carbocycles. The van der Waals surface area contributed by atoms with Crippen LogP contribution in [0.2, 0.25) is 5.02 Å². The Morgan fingerprint density at radius 2 is 2.14 bits per heavy atom. The lowest BCUT2D eigenvalue weighted by atomic mass is 10.1. The molecule has 0 radical (unpaired) electrons. The van der Waals surface area contributed by atoms with E-state index >= 15 is 0 Å². The van der Waals surface area contributed by atoms with Crippen LogP contribution in [0.15, 0.2) is 18.2 Å². The molecule has 0 amide bonds. The van der Waals surface area contributed by atoms with Crippen molar-refractivity contribution in [1.29, 1.82) is 5.26 Å². The second-order valence-electron chi connectivity index (χ2n) is 3.16. The molecule has 1 unspecified atom stereocenters. The van der Waals surface area contributed by atoms with E-state index in [1.165, 1.54) is 18.2 Å². The Balaban J connectivity index is 3.13. The number of nitrogens with zero attached hydrogens (tertiary/aromatic N) is 2. The molecular weight excluding hydrogens is 203 g/mol. The second kappa shape index (κ2) is 4.41. The summed E-state index contributed by atoms with van der Waals surface area (Å²) in [5.74, 6) is -0.394. The van der Waals surface area contributed by atoms with Crippen LogP contribution in [0.4, 0.5) is 4.39 Å². The highest BCUT2D eigenvalue weighted by atomic mass is 35.5. The molecule has 0 aliphatic rings. The smallest absolute Gasteiger partial charge is 0.124 e. The van der Waals surface area contributed by atoms with Crippen molar-refractivity contribution in [1.82, 2.24) is 4.90 Å². The Bertz CT molecular complexity index is 371. The Morgan fingerprint density at radius 1 is 1.50 bits per heavy atom. The van der Waals surface area contributed by atoms with Crippen molar-refractivity contribution >= 4 is 11.6 Å². The van der Waals surface area contributed by atoms with Crippen molar-refractivity contribution < 1.29 is 4.39 Å². The van der Waals surface area contributed by atoms with Crippen LogP contribution in [0, 0.1) is 17.1 Å². The molecule has 0 bridgehead atoms. The van der Waals surface area contributed by atoms with Crippen molar-refractivity contribution in [3.63, 3.8) is 0 Å². The zero-order valence-corrected chi connectivity index (χ0v) is 8.72. The zero-order valence-electron chi connectivity index (χ0n) is 7.96. The number of benzene rings is 1. The lowest BCUT2D eigenvalue weighted by Gasteiger charge is -2.18. The van der Waals surface area contributed by atoms with E-state index in [-0.39, 0.29) is 5.02 Å². The summed E-state index contributed by atoms with van der Waals surface area (Å²) in [6.07, 6.45) is 0. The summed E-state index contributed by atoms with van der Waals surface area (Å²) in [5, 5.41) is 9.18. The van der Waals surface area contributed by atoms with Crippen LogP contribution in [-0.4, -0.2) is 19.0 Å². The van der Waals surface area contributed by atoms with Gasteiger partial charge in [-0.3, -0.25) is 4.90 Å². The van der Waals surface area contributed by atoms with Crippen LogP contribution in [0.25, 0.3) is 0 Å². The normalized spacial score (nSPS) is 12.6. The molecule has 0 heterocycles. The van der Waals surface area contributed by atoms with Crippen LogP contribution < -0.4 is 0 Å². The monoisotopic (exact) mass is 212 g/mol. The molecule has 0 aromatic heterocycles. The maximum atomic E-state index is 12.7. The molecule has 0 aliphatic heterocycles. The third-order valence-electron chi connectivity index (χ3n) is 1.90. The van der Waals surface area contributed by atoms with E-state index in [0.29, 0.717) is 5.56 Å². The molecule has 2 nitrogen and oxygen atoms in total. The van der Waals surface area contributed by atoms with E-state index in [1.807, 2.05) is 0 Å². The summed E-state index contributed by atoms with van der Waals surface area (Å²) < 4.78 is 12.7. The van der Waals surface area contributed by atoms with E-state index in [0.717, 1.165) is 0 Å². The summed E-state index contributed by atoms with van der Waals surface area (Å²) in [6, 6.07) is 5.70. The van der Waals surface area contributed by atoms with Gasteiger partial charge in [-0.25, -0.2) is 4.39 Å². The molecule has 1 atom stereocenters. The van der Waals surface area contributed by atoms with Crippen LogP contribution in [0.3, 0.4) is 0 Å². The third kappa shape index (κ3) is 2.22. The molecule has 74 valence electrons. The Labute approximate surface area is 87.5 Å². The fourth-order valence-electron chi connectivity index (χ4n) is 1.19. The Morgan fingerprint density at radius 3 is 2.57 bits per heavy atom. The predicted molar refractivity (Wildman–Crippen MR) is 53.5 cm³/mol. The maximum absolute atomic E-state index is 12.7. The van der Waals surface area contributed by atoms with Gasteiger partial charge < -0.3 is 0 Å². The summed E-state index contributed by atoms with van der Waals surface area (Å²) in [5.41, 5.74) is 0.626. The summed E-state index contributed by atoms with van der Waals surface area (Å²) in [4.78, 5) is 1.72. The highest BCUT2D eigenvalue weighted by Gasteiger charge is 2.16. The first-order chi connectivity index (χ1) is 6.56. The van der Waals surface area contributed by atoms with Crippen LogP contribution in [0.1, 0.15) is 11.6 Å². The quantitative estimate of drug-likeness (QED) is 0.754. The van der Waals surface area contributed by atoms with Gasteiger partial charge in [0.05, 0.1) is 6.07 Å². The van der Waals surface area contributed by atoms with Gasteiger partial charge in [-0.1, -0.05) is 17.7 Å². The van der Waals surface area contributed by atoms with Crippen LogP contribution >= 0.6 is 11.6 Å². The molecule has 4 heteroatoms. The van der Waals surface area contributed by atoms with Gasteiger partial charge >= 0.3 is 0 Å². The average molecular weight is 213 g/mol. The standard InChI is InChI=1S/C10H10ClFN2/c1-14(2)10(6-13)8-4-3-7(12)5-9(8)11/h3-5,10H,1-2H3. The average Bonchev–Trinajstić information content (AvgIpc) is 2.09. The molecule has 0 fully saturated rings. The molecule has 0 saturated heterocycles. The van der Waals surface area contributed by atoms with Gasteiger partial charge in [-0.15, -0.1) is 0 Å². The SMILES string of the molecule is CN(C)C(C#N)c1ccc(F)cc1Cl. The molecule has 0 aliphatic carbocycles. The minimum atomic E-state index is -0.442. The first-order valence-electron chi connectivity index (χ1n) is 4.07. The van der Waals surface area contributed by atoms with E-state index < -0.39 is 11.9 Å². The highest BCUT2D eigenvalue weighted by molar-refractivity contribution is 6.31. The number of rotatable bonds is 2. The summed E-state index contributed by atoms with van der Waals surface area (Å²) >= 11 is 5.83. The fraction of sp³-hybridized carbons (Fsp3) is 0.300. The third-order valence-corrected chi connectivity index (χ3v) is 2.22.